The zero-order valence-electron chi connectivity index (χ0n) is 10.1. The Hall–Kier alpha value is -1.86. The number of hydrogen-bond acceptors (Lipinski definition) is 5. The number of amides is 1. The molecule has 0 bridgehead atoms. The standard InChI is InChI=1S/C11H13ClN4O3/c1-5-2-8(5)14-11(17)6-3-7(12)10(15-13)9(4-6)16(18)19/h3-5,8,15H,2,13H2,1H3,(H,14,17). The van der Waals surface area contributed by atoms with Gasteiger partial charge >= 0.3 is 0 Å². The van der Waals surface area contributed by atoms with Crippen molar-refractivity contribution in [3.63, 3.8) is 0 Å². The van der Waals surface area contributed by atoms with E-state index in [9.17, 15) is 14.9 Å². The van der Waals surface area contributed by atoms with E-state index in [0.29, 0.717) is 5.92 Å². The molecule has 0 aliphatic heterocycles. The lowest BCUT2D eigenvalue weighted by Crippen LogP contribution is -2.26. The largest absolute Gasteiger partial charge is 0.349 e. The number of anilines is 1. The Morgan fingerprint density at radius 3 is 2.68 bits per heavy atom. The topological polar surface area (TPSA) is 110 Å². The van der Waals surface area contributed by atoms with Gasteiger partial charge in [-0.1, -0.05) is 18.5 Å². The van der Waals surface area contributed by atoms with Gasteiger partial charge in [-0.3, -0.25) is 20.8 Å². The predicted octanol–water partition coefficient (Wildman–Crippen LogP) is 1.67. The summed E-state index contributed by atoms with van der Waals surface area (Å²) in [7, 11) is 0. The van der Waals surface area contributed by atoms with E-state index in [1.807, 2.05) is 6.92 Å². The van der Waals surface area contributed by atoms with Gasteiger partial charge in [0.1, 0.15) is 5.69 Å². The van der Waals surface area contributed by atoms with E-state index in [0.717, 1.165) is 12.5 Å². The fourth-order valence-electron chi connectivity index (χ4n) is 1.79. The Bertz CT molecular complexity index is 549. The highest BCUT2D eigenvalue weighted by molar-refractivity contribution is 6.34. The second-order valence-corrected chi connectivity index (χ2v) is 4.95. The highest BCUT2D eigenvalue weighted by atomic mass is 35.5. The van der Waals surface area contributed by atoms with E-state index in [-0.39, 0.29) is 33.9 Å². The number of halogens is 1. The third-order valence-corrected chi connectivity index (χ3v) is 3.40. The number of nitrogens with one attached hydrogen (secondary N) is 2. The summed E-state index contributed by atoms with van der Waals surface area (Å²) < 4.78 is 0. The lowest BCUT2D eigenvalue weighted by Gasteiger charge is -2.08. The molecular formula is C11H13ClN4O3. The van der Waals surface area contributed by atoms with E-state index in [2.05, 4.69) is 10.7 Å². The molecule has 2 atom stereocenters. The molecule has 2 unspecified atom stereocenters. The van der Waals surface area contributed by atoms with E-state index in [4.69, 9.17) is 17.4 Å². The first kappa shape index (κ1) is 13.6. The summed E-state index contributed by atoms with van der Waals surface area (Å²) in [6.07, 6.45) is 0.921. The molecule has 1 amide bonds. The molecule has 0 radical (unpaired) electrons. The Morgan fingerprint density at radius 1 is 1.58 bits per heavy atom. The molecule has 1 fully saturated rings. The summed E-state index contributed by atoms with van der Waals surface area (Å²) in [5.74, 6) is 5.26. The summed E-state index contributed by atoms with van der Waals surface area (Å²) in [5, 5.41) is 13.7. The van der Waals surface area contributed by atoms with Crippen molar-refractivity contribution in [2.75, 3.05) is 5.43 Å². The molecule has 0 saturated heterocycles. The number of nitro groups is 1. The minimum Gasteiger partial charge on any atom is -0.349 e. The van der Waals surface area contributed by atoms with E-state index in [1.54, 1.807) is 0 Å². The summed E-state index contributed by atoms with van der Waals surface area (Å²) in [5.41, 5.74) is 1.97. The minimum absolute atomic E-state index is 0.0111. The van der Waals surface area contributed by atoms with Gasteiger partial charge < -0.3 is 10.7 Å². The highest BCUT2D eigenvalue weighted by Crippen LogP contribution is 2.34. The van der Waals surface area contributed by atoms with Gasteiger partial charge in [0.15, 0.2) is 0 Å². The third kappa shape index (κ3) is 2.77. The zero-order valence-corrected chi connectivity index (χ0v) is 10.9. The van der Waals surface area contributed by atoms with Crippen molar-refractivity contribution in [2.45, 2.75) is 19.4 Å². The molecular weight excluding hydrogens is 272 g/mol. The van der Waals surface area contributed by atoms with Crippen molar-refractivity contribution in [2.24, 2.45) is 11.8 Å². The molecule has 1 aliphatic carbocycles. The monoisotopic (exact) mass is 284 g/mol. The molecule has 0 aromatic heterocycles. The van der Waals surface area contributed by atoms with Crippen LogP contribution in [0.15, 0.2) is 12.1 Å². The number of hydrazine groups is 1. The summed E-state index contributed by atoms with van der Waals surface area (Å²) >= 11 is 5.88. The Balaban J connectivity index is 2.31. The maximum atomic E-state index is 11.9. The molecule has 1 saturated carbocycles. The van der Waals surface area contributed by atoms with Crippen molar-refractivity contribution >= 4 is 28.9 Å². The fourth-order valence-corrected chi connectivity index (χ4v) is 2.05. The second kappa shape index (κ2) is 5.02. The van der Waals surface area contributed by atoms with Crippen molar-refractivity contribution in [3.05, 3.63) is 32.8 Å². The van der Waals surface area contributed by atoms with Crippen LogP contribution in [0.3, 0.4) is 0 Å². The molecule has 7 nitrogen and oxygen atoms in total. The molecule has 0 spiro atoms. The van der Waals surface area contributed by atoms with Gasteiger partial charge in [-0.2, -0.15) is 0 Å². The number of carbonyl (C=O) groups is 1. The number of nitrogens with two attached hydrogens (primary N) is 1. The van der Waals surface area contributed by atoms with E-state index in [1.165, 1.54) is 6.07 Å². The lowest BCUT2D eigenvalue weighted by atomic mass is 10.1. The third-order valence-electron chi connectivity index (χ3n) is 3.10. The van der Waals surface area contributed by atoms with Crippen LogP contribution < -0.4 is 16.6 Å². The molecule has 0 heterocycles. The molecule has 102 valence electrons. The highest BCUT2D eigenvalue weighted by Gasteiger charge is 2.34. The molecule has 1 aliphatic rings. The number of nitrogens with zero attached hydrogens (tertiary/aromatic N) is 1. The van der Waals surface area contributed by atoms with E-state index < -0.39 is 4.92 Å². The van der Waals surface area contributed by atoms with Crippen LogP contribution >= 0.6 is 11.6 Å². The fraction of sp³-hybridized carbons (Fsp3) is 0.364. The van der Waals surface area contributed by atoms with Crippen LogP contribution in [-0.2, 0) is 0 Å². The molecule has 4 N–H and O–H groups in total. The number of hydrogen-bond donors (Lipinski definition) is 3. The second-order valence-electron chi connectivity index (χ2n) is 4.55. The first-order valence-corrected chi connectivity index (χ1v) is 6.07. The SMILES string of the molecule is CC1CC1NC(=O)c1cc(Cl)c(NN)c([N+](=O)[O-])c1. The Kier molecular flexibility index (Phi) is 3.59. The average molecular weight is 285 g/mol. The number of nitro benzene ring substituents is 1. The lowest BCUT2D eigenvalue weighted by molar-refractivity contribution is -0.384. The maximum Gasteiger partial charge on any atom is 0.295 e. The summed E-state index contributed by atoms with van der Waals surface area (Å²) in [6.45, 7) is 2.02. The quantitative estimate of drug-likeness (QED) is 0.442. The predicted molar refractivity (Wildman–Crippen MR) is 71.0 cm³/mol. The van der Waals surface area contributed by atoms with Gasteiger partial charge in [-0.25, -0.2) is 0 Å². The first-order valence-electron chi connectivity index (χ1n) is 5.69. The molecule has 19 heavy (non-hydrogen) atoms. The Morgan fingerprint density at radius 2 is 2.21 bits per heavy atom. The van der Waals surface area contributed by atoms with Crippen LogP contribution in [0.2, 0.25) is 5.02 Å². The van der Waals surface area contributed by atoms with Gasteiger partial charge in [0, 0.05) is 17.7 Å². The van der Waals surface area contributed by atoms with Crippen molar-refractivity contribution in [1.29, 1.82) is 0 Å². The van der Waals surface area contributed by atoms with Gasteiger partial charge in [0.2, 0.25) is 0 Å². The van der Waals surface area contributed by atoms with Gasteiger partial charge in [0.05, 0.1) is 9.95 Å². The molecule has 2 rings (SSSR count). The molecule has 1 aromatic carbocycles. The van der Waals surface area contributed by atoms with Gasteiger partial charge in [-0.15, -0.1) is 0 Å². The number of rotatable bonds is 4. The smallest absolute Gasteiger partial charge is 0.295 e. The molecule has 8 heteroatoms. The van der Waals surface area contributed by atoms with Crippen LogP contribution in [0.5, 0.6) is 0 Å². The van der Waals surface area contributed by atoms with Crippen LogP contribution in [0, 0.1) is 16.0 Å². The minimum atomic E-state index is -0.641. The van der Waals surface area contributed by atoms with Gasteiger partial charge in [-0.05, 0) is 18.4 Å². The summed E-state index contributed by atoms with van der Waals surface area (Å²) in [4.78, 5) is 22.2. The van der Waals surface area contributed by atoms with Gasteiger partial charge in [0.25, 0.3) is 11.6 Å². The van der Waals surface area contributed by atoms with Crippen LogP contribution in [0.1, 0.15) is 23.7 Å². The summed E-state index contributed by atoms with van der Waals surface area (Å²) in [6, 6.07) is 2.65. The molecule has 1 aromatic rings. The normalized spacial score (nSPS) is 20.8. The van der Waals surface area contributed by atoms with E-state index >= 15 is 0 Å². The van der Waals surface area contributed by atoms with Crippen LogP contribution in [0.25, 0.3) is 0 Å². The first-order chi connectivity index (χ1) is 8.93. The number of nitrogen functional groups attached to an aromatic ring is 1. The number of carbonyl (C=O) groups excluding carboxylic acids is 1. The zero-order chi connectivity index (χ0) is 14.2. The van der Waals surface area contributed by atoms with Crippen molar-refractivity contribution < 1.29 is 9.72 Å². The maximum absolute atomic E-state index is 11.9. The van der Waals surface area contributed by atoms with Crippen molar-refractivity contribution in [3.8, 4) is 0 Å². The van der Waals surface area contributed by atoms with Crippen LogP contribution in [-0.4, -0.2) is 16.9 Å². The Labute approximate surface area is 114 Å². The van der Waals surface area contributed by atoms with Crippen molar-refractivity contribution in [1.82, 2.24) is 5.32 Å². The number of benzene rings is 1. The van der Waals surface area contributed by atoms with Crippen LogP contribution in [0.4, 0.5) is 11.4 Å². The average Bonchev–Trinajstić information content (AvgIpc) is 3.03.